The van der Waals surface area contributed by atoms with Gasteiger partial charge in [-0.2, -0.15) is 4.98 Å². The summed E-state index contributed by atoms with van der Waals surface area (Å²) in [5, 5.41) is 2.07. The number of carbonyl (C=O) groups is 1. The molecule has 0 bridgehead atoms. The maximum absolute atomic E-state index is 11.7. The fraction of sp³-hybridized carbons (Fsp3) is 0.286. The van der Waals surface area contributed by atoms with Crippen LogP contribution in [-0.2, 0) is 9.53 Å². The highest BCUT2D eigenvalue weighted by atomic mass is 16.5. The predicted octanol–water partition coefficient (Wildman–Crippen LogP) is 3.39. The highest BCUT2D eigenvalue weighted by Gasteiger charge is 2.27. The van der Waals surface area contributed by atoms with Crippen molar-refractivity contribution in [2.75, 3.05) is 30.8 Å². The number of rotatable bonds is 4. The van der Waals surface area contributed by atoms with Crippen LogP contribution in [0.1, 0.15) is 12.8 Å². The van der Waals surface area contributed by atoms with Crippen molar-refractivity contribution in [1.29, 1.82) is 0 Å². The van der Waals surface area contributed by atoms with E-state index in [1.165, 1.54) is 13.4 Å². The third-order valence-corrected chi connectivity index (χ3v) is 5.11. The number of anilines is 2. The Balaban J connectivity index is 1.57. The predicted molar refractivity (Wildman–Crippen MR) is 107 cm³/mol. The number of fused-ring (bicyclic) bond motifs is 1. The van der Waals surface area contributed by atoms with Crippen LogP contribution in [0.15, 0.2) is 48.8 Å². The van der Waals surface area contributed by atoms with Gasteiger partial charge in [0.25, 0.3) is 0 Å². The molecule has 4 rings (SSSR count). The van der Waals surface area contributed by atoms with Crippen molar-refractivity contribution in [1.82, 2.24) is 9.97 Å². The molecule has 2 N–H and O–H groups in total. The van der Waals surface area contributed by atoms with Gasteiger partial charge in [0.05, 0.1) is 13.0 Å². The number of benzene rings is 2. The molecule has 144 valence electrons. The van der Waals surface area contributed by atoms with E-state index >= 15 is 0 Å². The maximum Gasteiger partial charge on any atom is 0.308 e. The number of carbonyl (C=O) groups excluding carboxylic acids is 1. The number of methoxy groups -OCH3 is 1. The van der Waals surface area contributed by atoms with E-state index in [4.69, 9.17) is 15.2 Å². The summed E-state index contributed by atoms with van der Waals surface area (Å²) in [6.07, 6.45) is 2.86. The fourth-order valence-electron chi connectivity index (χ4n) is 3.59. The lowest BCUT2D eigenvalue weighted by Crippen LogP contribution is -2.37. The standard InChI is InChI=1S/C21H22N4O3/c1-27-21(26)15-9-11-25(12-10-15)19-18(22)20(24-13-23-19)28-17-8-4-6-14-5-2-3-7-16(14)17/h2-8,13,15H,9-12,22H2,1H3. The molecule has 2 aromatic carbocycles. The Morgan fingerprint density at radius 2 is 1.86 bits per heavy atom. The van der Waals surface area contributed by atoms with Gasteiger partial charge in [-0.3, -0.25) is 4.79 Å². The van der Waals surface area contributed by atoms with Crippen LogP contribution in [0.3, 0.4) is 0 Å². The van der Waals surface area contributed by atoms with Crippen molar-refractivity contribution in [3.63, 3.8) is 0 Å². The van der Waals surface area contributed by atoms with E-state index in [9.17, 15) is 4.79 Å². The van der Waals surface area contributed by atoms with Crippen molar-refractivity contribution in [3.8, 4) is 11.6 Å². The maximum atomic E-state index is 11.7. The first-order valence-corrected chi connectivity index (χ1v) is 9.26. The van der Waals surface area contributed by atoms with Gasteiger partial charge in [-0.05, 0) is 24.3 Å². The Morgan fingerprint density at radius 3 is 2.64 bits per heavy atom. The molecule has 1 fully saturated rings. The summed E-state index contributed by atoms with van der Waals surface area (Å²) in [4.78, 5) is 22.4. The first-order valence-electron chi connectivity index (χ1n) is 9.26. The topological polar surface area (TPSA) is 90.6 Å². The van der Waals surface area contributed by atoms with Crippen LogP contribution in [-0.4, -0.2) is 36.1 Å². The smallest absolute Gasteiger partial charge is 0.308 e. The van der Waals surface area contributed by atoms with Gasteiger partial charge >= 0.3 is 5.97 Å². The number of ether oxygens (including phenoxy) is 2. The van der Waals surface area contributed by atoms with E-state index in [0.29, 0.717) is 49.1 Å². The van der Waals surface area contributed by atoms with Crippen molar-refractivity contribution >= 4 is 28.2 Å². The Morgan fingerprint density at radius 1 is 1.11 bits per heavy atom. The van der Waals surface area contributed by atoms with Crippen molar-refractivity contribution in [2.45, 2.75) is 12.8 Å². The summed E-state index contributed by atoms with van der Waals surface area (Å²) < 4.78 is 10.9. The van der Waals surface area contributed by atoms with E-state index in [2.05, 4.69) is 14.9 Å². The molecular formula is C21H22N4O3. The average molecular weight is 378 g/mol. The molecule has 0 saturated carbocycles. The Hall–Kier alpha value is -3.35. The molecule has 1 saturated heterocycles. The van der Waals surface area contributed by atoms with Gasteiger partial charge < -0.3 is 20.1 Å². The number of nitrogens with two attached hydrogens (primary N) is 1. The third-order valence-electron chi connectivity index (χ3n) is 5.11. The molecule has 0 atom stereocenters. The van der Waals surface area contributed by atoms with Gasteiger partial charge in [-0.25, -0.2) is 4.98 Å². The van der Waals surface area contributed by atoms with Crippen LogP contribution in [0.5, 0.6) is 11.6 Å². The van der Waals surface area contributed by atoms with Crippen LogP contribution >= 0.6 is 0 Å². The molecule has 28 heavy (non-hydrogen) atoms. The van der Waals surface area contributed by atoms with E-state index < -0.39 is 0 Å². The number of esters is 1. The molecule has 0 unspecified atom stereocenters. The summed E-state index contributed by atoms with van der Waals surface area (Å²) >= 11 is 0. The van der Waals surface area contributed by atoms with E-state index in [1.54, 1.807) is 0 Å². The highest BCUT2D eigenvalue weighted by molar-refractivity contribution is 5.88. The number of nitrogen functional groups attached to an aromatic ring is 1. The molecule has 0 spiro atoms. The summed E-state index contributed by atoms with van der Waals surface area (Å²) in [7, 11) is 1.42. The number of piperidine rings is 1. The molecule has 1 aromatic heterocycles. The third kappa shape index (κ3) is 3.43. The second-order valence-electron chi connectivity index (χ2n) is 6.78. The molecule has 3 aromatic rings. The molecule has 0 amide bonds. The minimum absolute atomic E-state index is 0.0734. The lowest BCUT2D eigenvalue weighted by molar-refractivity contribution is -0.146. The number of aromatic nitrogens is 2. The van der Waals surface area contributed by atoms with Gasteiger partial charge in [-0.1, -0.05) is 36.4 Å². The first-order chi connectivity index (χ1) is 13.7. The monoisotopic (exact) mass is 378 g/mol. The summed E-state index contributed by atoms with van der Waals surface area (Å²) in [5.74, 6) is 1.43. The van der Waals surface area contributed by atoms with E-state index in [-0.39, 0.29) is 11.9 Å². The molecule has 1 aliphatic heterocycles. The van der Waals surface area contributed by atoms with Gasteiger partial charge in [0.15, 0.2) is 5.82 Å². The highest BCUT2D eigenvalue weighted by Crippen LogP contribution is 2.35. The van der Waals surface area contributed by atoms with Crippen LogP contribution in [0.25, 0.3) is 10.8 Å². The fourth-order valence-corrected chi connectivity index (χ4v) is 3.59. The zero-order chi connectivity index (χ0) is 19.5. The Labute approximate surface area is 163 Å². The Kier molecular flexibility index (Phi) is 4.97. The second kappa shape index (κ2) is 7.72. The first kappa shape index (κ1) is 18.0. The number of nitrogens with zero attached hydrogens (tertiary/aromatic N) is 3. The van der Waals surface area contributed by atoms with Crippen LogP contribution in [0, 0.1) is 5.92 Å². The van der Waals surface area contributed by atoms with Crippen LogP contribution in [0.2, 0.25) is 0 Å². The van der Waals surface area contributed by atoms with Gasteiger partial charge in [0.2, 0.25) is 5.88 Å². The minimum atomic E-state index is -0.157. The number of hydrogen-bond donors (Lipinski definition) is 1. The lowest BCUT2D eigenvalue weighted by atomic mass is 9.97. The molecule has 0 radical (unpaired) electrons. The largest absolute Gasteiger partial charge is 0.469 e. The van der Waals surface area contributed by atoms with Gasteiger partial charge in [-0.15, -0.1) is 0 Å². The summed E-state index contributed by atoms with van der Waals surface area (Å²) in [6.45, 7) is 1.35. The van der Waals surface area contributed by atoms with Crippen molar-refractivity contribution in [2.24, 2.45) is 5.92 Å². The SMILES string of the molecule is COC(=O)C1CCN(c2ncnc(Oc3cccc4ccccc34)c2N)CC1. The summed E-state index contributed by atoms with van der Waals surface area (Å²) in [6, 6.07) is 13.8. The molecule has 1 aliphatic rings. The molecule has 7 nitrogen and oxygen atoms in total. The average Bonchev–Trinajstić information content (AvgIpc) is 2.75. The quantitative estimate of drug-likeness (QED) is 0.696. The molecular weight excluding hydrogens is 356 g/mol. The van der Waals surface area contributed by atoms with E-state index in [0.717, 1.165) is 10.8 Å². The Bertz CT molecular complexity index is 995. The molecule has 2 heterocycles. The zero-order valence-corrected chi connectivity index (χ0v) is 15.7. The molecule has 0 aliphatic carbocycles. The molecule has 7 heteroatoms. The summed E-state index contributed by atoms with van der Waals surface area (Å²) in [5.41, 5.74) is 6.74. The zero-order valence-electron chi connectivity index (χ0n) is 15.7. The number of hydrogen-bond acceptors (Lipinski definition) is 7. The van der Waals surface area contributed by atoms with Gasteiger partial charge in [0, 0.05) is 18.5 Å². The van der Waals surface area contributed by atoms with Gasteiger partial charge in [0.1, 0.15) is 17.8 Å². The van der Waals surface area contributed by atoms with Crippen molar-refractivity contribution < 1.29 is 14.3 Å². The second-order valence-corrected chi connectivity index (χ2v) is 6.78. The van der Waals surface area contributed by atoms with Crippen LogP contribution in [0.4, 0.5) is 11.5 Å². The lowest BCUT2D eigenvalue weighted by Gasteiger charge is -2.32. The van der Waals surface area contributed by atoms with Crippen LogP contribution < -0.4 is 15.4 Å². The van der Waals surface area contributed by atoms with Crippen molar-refractivity contribution in [3.05, 3.63) is 48.8 Å². The minimum Gasteiger partial charge on any atom is -0.469 e. The van der Waals surface area contributed by atoms with E-state index in [1.807, 2.05) is 42.5 Å². The normalized spacial score (nSPS) is 14.8.